The van der Waals surface area contributed by atoms with Crippen LogP contribution in [0.5, 0.6) is 0 Å². The molecule has 0 aromatic carbocycles. The van der Waals surface area contributed by atoms with E-state index in [4.69, 9.17) is 4.43 Å². The standard InChI is InChI=1S/C11H23BrOSi/c1-6-11(7-2,9-8-10-12)13-14(3,4)5/h8-9H,6-7,10H2,1-5H3. The predicted octanol–water partition coefficient (Wildman–Crippen LogP) is 4.35. The van der Waals surface area contributed by atoms with Crippen LogP contribution in [0.2, 0.25) is 19.6 Å². The first kappa shape index (κ1) is 14.4. The van der Waals surface area contributed by atoms with Crippen LogP contribution in [0.25, 0.3) is 0 Å². The van der Waals surface area contributed by atoms with Crippen molar-refractivity contribution in [2.24, 2.45) is 0 Å². The molecule has 0 heterocycles. The summed E-state index contributed by atoms with van der Waals surface area (Å²) in [6.07, 6.45) is 6.47. The minimum Gasteiger partial charge on any atom is -0.409 e. The van der Waals surface area contributed by atoms with Crippen LogP contribution in [0.1, 0.15) is 26.7 Å². The summed E-state index contributed by atoms with van der Waals surface area (Å²) in [6.45, 7) is 11.1. The van der Waals surface area contributed by atoms with Crippen molar-refractivity contribution < 1.29 is 4.43 Å². The van der Waals surface area contributed by atoms with E-state index in [-0.39, 0.29) is 5.60 Å². The summed E-state index contributed by atoms with van der Waals surface area (Å²) >= 11 is 3.41. The minimum absolute atomic E-state index is 0.0295. The van der Waals surface area contributed by atoms with Crippen LogP contribution in [0, 0.1) is 0 Å². The Kier molecular flexibility index (Phi) is 6.26. The molecule has 0 aliphatic rings. The van der Waals surface area contributed by atoms with Crippen molar-refractivity contribution in [3.63, 3.8) is 0 Å². The van der Waals surface area contributed by atoms with Gasteiger partial charge in [0.1, 0.15) is 0 Å². The molecular formula is C11H23BrOSi. The Hall–Kier alpha value is 0.397. The van der Waals surface area contributed by atoms with Gasteiger partial charge in [0.2, 0.25) is 0 Å². The molecule has 0 rings (SSSR count). The third-order valence-corrected chi connectivity index (χ3v) is 3.61. The molecule has 14 heavy (non-hydrogen) atoms. The summed E-state index contributed by atoms with van der Waals surface area (Å²) in [5, 5.41) is 0.907. The highest BCUT2D eigenvalue weighted by molar-refractivity contribution is 9.09. The molecule has 0 N–H and O–H groups in total. The predicted molar refractivity (Wildman–Crippen MR) is 70.7 cm³/mol. The monoisotopic (exact) mass is 278 g/mol. The first-order valence-corrected chi connectivity index (χ1v) is 9.86. The Morgan fingerprint density at radius 2 is 1.71 bits per heavy atom. The van der Waals surface area contributed by atoms with E-state index in [1.165, 1.54) is 0 Å². The zero-order chi connectivity index (χ0) is 11.2. The molecule has 0 unspecified atom stereocenters. The lowest BCUT2D eigenvalue weighted by Crippen LogP contribution is -2.40. The molecule has 0 aliphatic carbocycles. The van der Waals surface area contributed by atoms with Gasteiger partial charge in [-0.2, -0.15) is 0 Å². The van der Waals surface area contributed by atoms with E-state index in [2.05, 4.69) is 61.6 Å². The lowest BCUT2D eigenvalue weighted by atomic mass is 9.97. The lowest BCUT2D eigenvalue weighted by molar-refractivity contribution is 0.103. The van der Waals surface area contributed by atoms with Gasteiger partial charge in [0.25, 0.3) is 0 Å². The van der Waals surface area contributed by atoms with E-state index in [1.54, 1.807) is 0 Å². The summed E-state index contributed by atoms with van der Waals surface area (Å²) in [5.41, 5.74) is -0.0295. The maximum Gasteiger partial charge on any atom is 0.184 e. The third-order valence-electron chi connectivity index (χ3n) is 2.22. The molecule has 0 atom stereocenters. The second-order valence-electron chi connectivity index (χ2n) is 4.54. The van der Waals surface area contributed by atoms with Crippen LogP contribution in [0.15, 0.2) is 12.2 Å². The van der Waals surface area contributed by atoms with Gasteiger partial charge >= 0.3 is 0 Å². The van der Waals surface area contributed by atoms with Gasteiger partial charge in [0, 0.05) is 5.33 Å². The Labute approximate surface area is 98.2 Å². The molecule has 84 valence electrons. The van der Waals surface area contributed by atoms with Crippen molar-refractivity contribution in [2.75, 3.05) is 5.33 Å². The Balaban J connectivity index is 4.61. The van der Waals surface area contributed by atoms with Gasteiger partial charge in [0.15, 0.2) is 8.32 Å². The highest BCUT2D eigenvalue weighted by Crippen LogP contribution is 2.26. The second kappa shape index (κ2) is 6.08. The summed E-state index contributed by atoms with van der Waals surface area (Å²) in [4.78, 5) is 0. The Morgan fingerprint density at radius 1 is 1.21 bits per heavy atom. The summed E-state index contributed by atoms with van der Waals surface area (Å²) in [5.74, 6) is 0. The van der Waals surface area contributed by atoms with Crippen molar-refractivity contribution >= 4 is 24.2 Å². The van der Waals surface area contributed by atoms with Gasteiger partial charge in [-0.25, -0.2) is 0 Å². The smallest absolute Gasteiger partial charge is 0.184 e. The number of hydrogen-bond acceptors (Lipinski definition) is 1. The van der Waals surface area contributed by atoms with Crippen molar-refractivity contribution in [3.05, 3.63) is 12.2 Å². The Morgan fingerprint density at radius 3 is 2.00 bits per heavy atom. The summed E-state index contributed by atoms with van der Waals surface area (Å²) in [6, 6.07) is 0. The third kappa shape index (κ3) is 5.32. The molecule has 0 aromatic rings. The summed E-state index contributed by atoms with van der Waals surface area (Å²) in [7, 11) is -1.45. The molecule has 0 radical (unpaired) electrons. The fraction of sp³-hybridized carbons (Fsp3) is 0.818. The zero-order valence-electron chi connectivity index (χ0n) is 10.1. The molecule has 1 nitrogen and oxygen atoms in total. The van der Waals surface area contributed by atoms with Gasteiger partial charge in [0.05, 0.1) is 5.60 Å². The van der Waals surface area contributed by atoms with Crippen LogP contribution < -0.4 is 0 Å². The quantitative estimate of drug-likeness (QED) is 0.399. The fourth-order valence-electron chi connectivity index (χ4n) is 1.53. The van der Waals surface area contributed by atoms with E-state index in [1.807, 2.05) is 0 Å². The van der Waals surface area contributed by atoms with E-state index in [0.717, 1.165) is 18.2 Å². The first-order chi connectivity index (χ1) is 6.39. The topological polar surface area (TPSA) is 9.23 Å². The molecule has 0 aliphatic heterocycles. The van der Waals surface area contributed by atoms with E-state index >= 15 is 0 Å². The van der Waals surface area contributed by atoms with Gasteiger partial charge in [-0.15, -0.1) is 0 Å². The average Bonchev–Trinajstić information content (AvgIpc) is 2.10. The van der Waals surface area contributed by atoms with Crippen LogP contribution in [0.4, 0.5) is 0 Å². The van der Waals surface area contributed by atoms with Crippen LogP contribution >= 0.6 is 15.9 Å². The summed E-state index contributed by atoms with van der Waals surface area (Å²) < 4.78 is 6.26. The first-order valence-electron chi connectivity index (χ1n) is 5.33. The molecule has 0 aromatic heterocycles. The zero-order valence-corrected chi connectivity index (χ0v) is 12.6. The van der Waals surface area contributed by atoms with E-state index in [9.17, 15) is 0 Å². The van der Waals surface area contributed by atoms with Crippen molar-refractivity contribution in [2.45, 2.75) is 51.9 Å². The maximum absolute atomic E-state index is 6.26. The number of hydrogen-bond donors (Lipinski definition) is 0. The molecule has 0 saturated heterocycles. The number of rotatable bonds is 6. The van der Waals surface area contributed by atoms with Gasteiger partial charge in [-0.3, -0.25) is 0 Å². The number of halogens is 1. The minimum atomic E-state index is -1.45. The number of allylic oxidation sites excluding steroid dienone is 1. The molecule has 0 fully saturated rings. The molecule has 0 saturated carbocycles. The largest absolute Gasteiger partial charge is 0.409 e. The molecule has 0 bridgehead atoms. The maximum atomic E-state index is 6.26. The van der Waals surface area contributed by atoms with Gasteiger partial charge in [-0.05, 0) is 32.5 Å². The molecule has 0 spiro atoms. The van der Waals surface area contributed by atoms with Crippen LogP contribution in [-0.2, 0) is 4.43 Å². The highest BCUT2D eigenvalue weighted by atomic mass is 79.9. The van der Waals surface area contributed by atoms with Crippen molar-refractivity contribution in [3.8, 4) is 0 Å². The van der Waals surface area contributed by atoms with Crippen molar-refractivity contribution in [1.82, 2.24) is 0 Å². The van der Waals surface area contributed by atoms with E-state index in [0.29, 0.717) is 0 Å². The van der Waals surface area contributed by atoms with Gasteiger partial charge in [-0.1, -0.05) is 41.9 Å². The van der Waals surface area contributed by atoms with Gasteiger partial charge < -0.3 is 4.43 Å². The van der Waals surface area contributed by atoms with E-state index < -0.39 is 8.32 Å². The fourth-order valence-corrected chi connectivity index (χ4v) is 3.30. The highest BCUT2D eigenvalue weighted by Gasteiger charge is 2.30. The Bertz CT molecular complexity index is 180. The lowest BCUT2D eigenvalue weighted by Gasteiger charge is -2.35. The second-order valence-corrected chi connectivity index (χ2v) is 9.62. The number of alkyl halides is 1. The van der Waals surface area contributed by atoms with Crippen molar-refractivity contribution in [1.29, 1.82) is 0 Å². The molecule has 0 amide bonds. The van der Waals surface area contributed by atoms with Crippen LogP contribution in [0.3, 0.4) is 0 Å². The average molecular weight is 279 g/mol. The molecule has 3 heteroatoms. The molecular weight excluding hydrogens is 256 g/mol. The SMILES string of the molecule is CCC(C=CCBr)(CC)O[Si](C)(C)C. The van der Waals surface area contributed by atoms with Crippen LogP contribution in [-0.4, -0.2) is 19.2 Å². The normalized spacial score (nSPS) is 13.9.